The van der Waals surface area contributed by atoms with Crippen molar-refractivity contribution in [2.45, 2.75) is 18.4 Å². The molecule has 0 bridgehead atoms. The molecule has 0 spiro atoms. The largest absolute Gasteiger partial charge is 0.755 e. The lowest BCUT2D eigenvalue weighted by Gasteiger charge is -2.15. The first-order valence-corrected chi connectivity index (χ1v) is 9.29. The van der Waals surface area contributed by atoms with E-state index in [2.05, 4.69) is 10.0 Å². The lowest BCUT2D eigenvalue weighted by molar-refractivity contribution is 0.473. The van der Waals surface area contributed by atoms with Gasteiger partial charge < -0.3 is 19.3 Å². The predicted molar refractivity (Wildman–Crippen MR) is 94.8 cm³/mol. The zero-order valence-electron chi connectivity index (χ0n) is 13.2. The molecule has 124 valence electrons. The van der Waals surface area contributed by atoms with E-state index in [1.807, 2.05) is 38.4 Å². The van der Waals surface area contributed by atoms with Crippen LogP contribution in [0.5, 0.6) is 11.5 Å². The van der Waals surface area contributed by atoms with Gasteiger partial charge in [-0.1, -0.05) is 0 Å². The molecular weight excluding hydrogens is 332 g/mol. The molecule has 0 radical (unpaired) electrons. The number of ether oxygens (including phenoxy) is 1. The van der Waals surface area contributed by atoms with Crippen LogP contribution >= 0.6 is 11.8 Å². The molecular formula is C16H19N2O3S2-. The maximum atomic E-state index is 10.8. The minimum atomic E-state index is -2.34. The van der Waals surface area contributed by atoms with Crippen molar-refractivity contribution in [1.29, 1.82) is 0 Å². The standard InChI is InChI=1S/C16H20N2O3S2/c1-11-8-14(5-7-16(11)22-3)21-15-6-4-13(18-23(19)20)9-12(15)10-17-2/h4-9,17-18H,10H2,1-3H3,(H,19,20)/p-1. The topological polar surface area (TPSA) is 73.4 Å². The molecule has 0 aliphatic carbocycles. The first-order chi connectivity index (χ1) is 11.0. The SMILES string of the molecule is CNCc1cc(NS(=O)[O-])ccc1Oc1ccc(SC)c(C)c1. The molecule has 0 heterocycles. The van der Waals surface area contributed by atoms with E-state index in [-0.39, 0.29) is 0 Å². The third-order valence-electron chi connectivity index (χ3n) is 3.22. The van der Waals surface area contributed by atoms with Gasteiger partial charge in [0, 0.05) is 34.0 Å². The quantitative estimate of drug-likeness (QED) is 0.590. The third kappa shape index (κ3) is 4.97. The molecule has 1 unspecified atom stereocenters. The first-order valence-electron chi connectivity index (χ1n) is 6.99. The van der Waals surface area contributed by atoms with E-state index >= 15 is 0 Å². The fraction of sp³-hybridized carbons (Fsp3) is 0.250. The Balaban J connectivity index is 2.27. The van der Waals surface area contributed by atoms with E-state index in [0.717, 1.165) is 16.9 Å². The Morgan fingerprint density at radius 1 is 1.26 bits per heavy atom. The van der Waals surface area contributed by atoms with Gasteiger partial charge >= 0.3 is 0 Å². The van der Waals surface area contributed by atoms with Crippen LogP contribution in [0.15, 0.2) is 41.3 Å². The molecule has 2 aromatic rings. The Labute approximate surface area is 143 Å². The number of anilines is 1. The fourth-order valence-corrected chi connectivity index (χ4v) is 3.11. The van der Waals surface area contributed by atoms with E-state index < -0.39 is 11.3 Å². The Hall–Kier alpha value is -1.54. The van der Waals surface area contributed by atoms with Crippen LogP contribution in [0.2, 0.25) is 0 Å². The molecule has 0 aliphatic heterocycles. The average molecular weight is 351 g/mol. The van der Waals surface area contributed by atoms with Crippen molar-refractivity contribution in [1.82, 2.24) is 5.32 Å². The van der Waals surface area contributed by atoms with Crippen molar-refractivity contribution in [3.8, 4) is 11.5 Å². The van der Waals surface area contributed by atoms with Crippen LogP contribution in [-0.2, 0) is 17.8 Å². The Morgan fingerprint density at radius 3 is 2.65 bits per heavy atom. The summed E-state index contributed by atoms with van der Waals surface area (Å²) < 4.78 is 29.8. The molecule has 23 heavy (non-hydrogen) atoms. The number of hydrogen-bond acceptors (Lipinski definition) is 5. The van der Waals surface area contributed by atoms with Crippen molar-refractivity contribution >= 4 is 28.7 Å². The second-order valence-electron chi connectivity index (χ2n) is 4.92. The summed E-state index contributed by atoms with van der Waals surface area (Å²) in [5, 5.41) is 3.06. The maximum Gasteiger partial charge on any atom is 0.132 e. The van der Waals surface area contributed by atoms with Gasteiger partial charge in [-0.05, 0) is 62.2 Å². The van der Waals surface area contributed by atoms with E-state index in [1.54, 1.807) is 30.0 Å². The number of thioether (sulfide) groups is 1. The molecule has 2 N–H and O–H groups in total. The number of nitrogens with one attached hydrogen (secondary N) is 2. The van der Waals surface area contributed by atoms with Gasteiger partial charge in [0.2, 0.25) is 0 Å². The van der Waals surface area contributed by atoms with E-state index in [0.29, 0.717) is 18.0 Å². The van der Waals surface area contributed by atoms with Gasteiger partial charge in [-0.2, -0.15) is 0 Å². The van der Waals surface area contributed by atoms with Crippen LogP contribution in [0.4, 0.5) is 5.69 Å². The second-order valence-corrected chi connectivity index (χ2v) is 6.44. The summed E-state index contributed by atoms with van der Waals surface area (Å²) in [5.41, 5.74) is 2.53. The Bertz CT molecular complexity index is 708. The van der Waals surface area contributed by atoms with Crippen LogP contribution in [-0.4, -0.2) is 22.1 Å². The molecule has 0 amide bonds. The lowest BCUT2D eigenvalue weighted by atomic mass is 10.1. The number of hydrogen-bond donors (Lipinski definition) is 2. The minimum absolute atomic E-state index is 0.504. The fourth-order valence-electron chi connectivity index (χ4n) is 2.21. The molecule has 2 rings (SSSR count). The molecule has 0 aromatic heterocycles. The summed E-state index contributed by atoms with van der Waals surface area (Å²) in [7, 11) is 1.83. The number of aryl methyl sites for hydroxylation is 1. The van der Waals surface area contributed by atoms with Crippen LogP contribution in [0.25, 0.3) is 0 Å². The van der Waals surface area contributed by atoms with Crippen molar-refractivity contribution < 1.29 is 13.5 Å². The van der Waals surface area contributed by atoms with Gasteiger partial charge in [-0.15, -0.1) is 11.8 Å². The predicted octanol–water partition coefficient (Wildman–Crippen LogP) is 3.43. The molecule has 2 aromatic carbocycles. The van der Waals surface area contributed by atoms with E-state index in [1.165, 1.54) is 4.90 Å². The highest BCUT2D eigenvalue weighted by atomic mass is 32.2. The van der Waals surface area contributed by atoms with Gasteiger partial charge in [0.1, 0.15) is 11.5 Å². The zero-order valence-corrected chi connectivity index (χ0v) is 14.8. The maximum absolute atomic E-state index is 10.8. The van der Waals surface area contributed by atoms with Gasteiger partial charge in [0.25, 0.3) is 0 Å². The highest BCUT2D eigenvalue weighted by molar-refractivity contribution is 7.98. The monoisotopic (exact) mass is 351 g/mol. The molecule has 0 fully saturated rings. The van der Waals surface area contributed by atoms with Crippen molar-refractivity contribution in [3.05, 3.63) is 47.5 Å². The third-order valence-corrected chi connectivity index (χ3v) is 4.52. The number of benzene rings is 2. The molecule has 7 heteroatoms. The minimum Gasteiger partial charge on any atom is -0.755 e. The molecule has 5 nitrogen and oxygen atoms in total. The zero-order chi connectivity index (χ0) is 16.8. The van der Waals surface area contributed by atoms with Crippen molar-refractivity contribution in [2.75, 3.05) is 18.0 Å². The highest BCUT2D eigenvalue weighted by Crippen LogP contribution is 2.31. The summed E-state index contributed by atoms with van der Waals surface area (Å²) in [6.45, 7) is 2.61. The molecule has 0 saturated heterocycles. The molecule has 0 saturated carbocycles. The smallest absolute Gasteiger partial charge is 0.132 e. The summed E-state index contributed by atoms with van der Waals surface area (Å²) in [6, 6.07) is 11.1. The normalized spacial score (nSPS) is 12.0. The van der Waals surface area contributed by atoms with E-state index in [4.69, 9.17) is 4.74 Å². The van der Waals surface area contributed by atoms with Crippen LogP contribution < -0.4 is 14.8 Å². The summed E-state index contributed by atoms with van der Waals surface area (Å²) >= 11 is -0.647. The second kappa shape index (κ2) is 8.35. The van der Waals surface area contributed by atoms with Gasteiger partial charge in [0.05, 0.1) is 0 Å². The van der Waals surface area contributed by atoms with Crippen LogP contribution in [0, 0.1) is 6.92 Å². The molecule has 0 aliphatic rings. The Morgan fingerprint density at radius 2 is 2.04 bits per heavy atom. The molecule has 1 atom stereocenters. The van der Waals surface area contributed by atoms with Crippen LogP contribution in [0.1, 0.15) is 11.1 Å². The van der Waals surface area contributed by atoms with Gasteiger partial charge in [-0.25, -0.2) is 0 Å². The summed E-state index contributed by atoms with van der Waals surface area (Å²) in [5.74, 6) is 1.45. The first kappa shape index (κ1) is 17.8. The number of rotatable bonds is 7. The average Bonchev–Trinajstić information content (AvgIpc) is 2.50. The summed E-state index contributed by atoms with van der Waals surface area (Å²) in [6.07, 6.45) is 2.04. The van der Waals surface area contributed by atoms with E-state index in [9.17, 15) is 8.76 Å². The van der Waals surface area contributed by atoms with Gasteiger partial charge in [-0.3, -0.25) is 4.21 Å². The Kier molecular flexibility index (Phi) is 6.47. The summed E-state index contributed by atoms with van der Waals surface area (Å²) in [4.78, 5) is 1.21. The van der Waals surface area contributed by atoms with Gasteiger partial charge in [0.15, 0.2) is 0 Å². The van der Waals surface area contributed by atoms with Crippen LogP contribution in [0.3, 0.4) is 0 Å². The van der Waals surface area contributed by atoms with Crippen molar-refractivity contribution in [2.24, 2.45) is 0 Å². The van der Waals surface area contributed by atoms with Crippen molar-refractivity contribution in [3.63, 3.8) is 0 Å². The highest BCUT2D eigenvalue weighted by Gasteiger charge is 2.08. The lowest BCUT2D eigenvalue weighted by Crippen LogP contribution is -2.08.